The van der Waals surface area contributed by atoms with E-state index in [-0.39, 0.29) is 0 Å². The molecule has 0 heterocycles. The lowest BCUT2D eigenvalue weighted by molar-refractivity contribution is 0.925. The predicted octanol–water partition coefficient (Wildman–Crippen LogP) is 4.50. The van der Waals surface area contributed by atoms with Gasteiger partial charge in [0.1, 0.15) is 0 Å². The molecular weight excluding hydrogens is 180 g/mol. The third kappa shape index (κ3) is 1.90. The fourth-order valence-electron chi connectivity index (χ4n) is 2.15. The van der Waals surface area contributed by atoms with Crippen LogP contribution < -0.4 is 0 Å². The molecule has 1 fully saturated rings. The lowest BCUT2D eigenvalue weighted by Gasteiger charge is -2.15. The molecule has 0 nitrogen and oxygen atoms in total. The van der Waals surface area contributed by atoms with Gasteiger partial charge in [0.15, 0.2) is 0 Å². The van der Waals surface area contributed by atoms with Crippen LogP contribution in [-0.4, -0.2) is 0 Å². The van der Waals surface area contributed by atoms with Crippen LogP contribution in [0, 0.1) is 0 Å². The van der Waals surface area contributed by atoms with Gasteiger partial charge in [-0.3, -0.25) is 0 Å². The van der Waals surface area contributed by atoms with Gasteiger partial charge in [-0.2, -0.15) is 0 Å². The molecule has 1 saturated carbocycles. The first-order valence-corrected chi connectivity index (χ1v) is 5.65. The number of hydrogen-bond acceptors (Lipinski definition) is 0. The molecule has 1 aliphatic carbocycles. The van der Waals surface area contributed by atoms with Crippen LogP contribution in [0.4, 0.5) is 0 Å². The Bertz CT molecular complexity index is 383. The Morgan fingerprint density at radius 3 is 2.60 bits per heavy atom. The highest BCUT2D eigenvalue weighted by molar-refractivity contribution is 5.57. The average molecular weight is 198 g/mol. The summed E-state index contributed by atoms with van der Waals surface area (Å²) in [5.41, 5.74) is 4.26. The van der Waals surface area contributed by atoms with Crippen molar-refractivity contribution in [3.05, 3.63) is 54.1 Å². The van der Waals surface area contributed by atoms with Crippen LogP contribution in [0.3, 0.4) is 0 Å². The molecule has 1 atom stereocenters. The topological polar surface area (TPSA) is 0 Å². The molecule has 1 unspecified atom stereocenters. The van der Waals surface area contributed by atoms with E-state index in [0.717, 1.165) is 5.92 Å². The Morgan fingerprint density at radius 2 is 2.07 bits per heavy atom. The predicted molar refractivity (Wildman–Crippen MR) is 67.1 cm³/mol. The Morgan fingerprint density at radius 1 is 1.33 bits per heavy atom. The van der Waals surface area contributed by atoms with Crippen molar-refractivity contribution in [3.63, 3.8) is 0 Å². The molecule has 0 spiro atoms. The summed E-state index contributed by atoms with van der Waals surface area (Å²) in [7, 11) is 0. The fourth-order valence-corrected chi connectivity index (χ4v) is 2.15. The quantitative estimate of drug-likeness (QED) is 0.625. The second kappa shape index (κ2) is 4.06. The van der Waals surface area contributed by atoms with E-state index in [2.05, 4.69) is 38.3 Å². The molecule has 0 heteroatoms. The summed E-state index contributed by atoms with van der Waals surface area (Å²) in [5.74, 6) is 1.22. The maximum absolute atomic E-state index is 3.90. The fraction of sp³-hybridized carbons (Fsp3) is 0.333. The van der Waals surface area contributed by atoms with Crippen molar-refractivity contribution >= 4 is 6.08 Å². The lowest BCUT2D eigenvalue weighted by atomic mass is 9.89. The van der Waals surface area contributed by atoms with Gasteiger partial charge in [-0.1, -0.05) is 43.9 Å². The van der Waals surface area contributed by atoms with Gasteiger partial charge in [0.2, 0.25) is 0 Å². The first-order valence-electron chi connectivity index (χ1n) is 5.65. The lowest BCUT2D eigenvalue weighted by Crippen LogP contribution is -1.98. The molecule has 78 valence electrons. The molecule has 0 amide bonds. The van der Waals surface area contributed by atoms with Crippen molar-refractivity contribution in [2.45, 2.75) is 31.6 Å². The van der Waals surface area contributed by atoms with Crippen LogP contribution in [0.2, 0.25) is 0 Å². The summed E-state index contributed by atoms with van der Waals surface area (Å²) in [6.45, 7) is 10.00. The normalized spacial score (nSPS) is 17.1. The Hall–Kier alpha value is -1.30. The van der Waals surface area contributed by atoms with Gasteiger partial charge in [-0.25, -0.2) is 0 Å². The molecule has 2 rings (SSSR count). The first kappa shape index (κ1) is 10.2. The van der Waals surface area contributed by atoms with Crippen LogP contribution in [-0.2, 0) is 0 Å². The van der Waals surface area contributed by atoms with Gasteiger partial charge in [-0.15, -0.1) is 6.58 Å². The van der Waals surface area contributed by atoms with E-state index in [0.29, 0.717) is 5.92 Å². The molecule has 0 aromatic heterocycles. The third-order valence-corrected chi connectivity index (χ3v) is 3.22. The van der Waals surface area contributed by atoms with Gasteiger partial charge in [-0.05, 0) is 41.4 Å². The highest BCUT2D eigenvalue weighted by Gasteiger charge is 2.28. The maximum Gasteiger partial charge on any atom is -0.00101 e. The van der Waals surface area contributed by atoms with E-state index in [9.17, 15) is 0 Å². The monoisotopic (exact) mass is 198 g/mol. The minimum atomic E-state index is 0.445. The molecule has 1 aliphatic rings. The number of benzene rings is 1. The van der Waals surface area contributed by atoms with Crippen LogP contribution in [0.1, 0.15) is 48.3 Å². The van der Waals surface area contributed by atoms with Crippen molar-refractivity contribution in [1.29, 1.82) is 0 Å². The van der Waals surface area contributed by atoms with Crippen LogP contribution in [0.5, 0.6) is 0 Å². The van der Waals surface area contributed by atoms with Crippen molar-refractivity contribution in [2.75, 3.05) is 0 Å². The zero-order valence-corrected chi connectivity index (χ0v) is 9.37. The van der Waals surface area contributed by atoms with E-state index in [1.807, 2.05) is 12.2 Å². The first-order chi connectivity index (χ1) is 7.27. The molecule has 0 N–H and O–H groups in total. The van der Waals surface area contributed by atoms with E-state index in [1.54, 1.807) is 0 Å². The highest BCUT2D eigenvalue weighted by Crippen LogP contribution is 2.45. The Balaban J connectivity index is 2.51. The number of rotatable bonds is 4. The van der Waals surface area contributed by atoms with Gasteiger partial charge < -0.3 is 0 Å². The third-order valence-electron chi connectivity index (χ3n) is 3.22. The largest absolute Gasteiger partial charge is 0.102 e. The number of allylic oxidation sites excluding steroid dienone is 1. The molecule has 1 aromatic carbocycles. The summed E-state index contributed by atoms with van der Waals surface area (Å²) in [6, 6.07) is 6.52. The van der Waals surface area contributed by atoms with E-state index in [4.69, 9.17) is 0 Å². The summed E-state index contributed by atoms with van der Waals surface area (Å²) >= 11 is 0. The van der Waals surface area contributed by atoms with Crippen LogP contribution in [0.15, 0.2) is 37.4 Å². The zero-order chi connectivity index (χ0) is 10.8. The van der Waals surface area contributed by atoms with Crippen molar-refractivity contribution in [2.24, 2.45) is 0 Å². The summed E-state index contributed by atoms with van der Waals surface area (Å²) in [6.07, 6.45) is 6.67. The Kier molecular flexibility index (Phi) is 2.77. The van der Waals surface area contributed by atoms with E-state index < -0.39 is 0 Å². The van der Waals surface area contributed by atoms with E-state index >= 15 is 0 Å². The second-order valence-corrected chi connectivity index (χ2v) is 4.35. The van der Waals surface area contributed by atoms with Gasteiger partial charge in [0.25, 0.3) is 0 Å². The maximum atomic E-state index is 3.90. The van der Waals surface area contributed by atoms with Crippen LogP contribution in [0.25, 0.3) is 6.08 Å². The zero-order valence-electron chi connectivity index (χ0n) is 9.37. The molecule has 0 saturated heterocycles. The summed E-state index contributed by atoms with van der Waals surface area (Å²) < 4.78 is 0. The average Bonchev–Trinajstić information content (AvgIpc) is 3.10. The highest BCUT2D eigenvalue weighted by atomic mass is 14.3. The molecule has 0 radical (unpaired) electrons. The smallest absolute Gasteiger partial charge is 0.00101 e. The summed E-state index contributed by atoms with van der Waals surface area (Å²) in [4.78, 5) is 0. The summed E-state index contributed by atoms with van der Waals surface area (Å²) in [5, 5.41) is 0. The molecule has 15 heavy (non-hydrogen) atoms. The van der Waals surface area contributed by atoms with Gasteiger partial charge in [0, 0.05) is 0 Å². The standard InChI is InChI=1S/C15H18/c1-4-11(3)14-8-6-7-12(5-2)15(14)13-9-10-13/h4-8,11,13H,1-2,9-10H2,3H3. The minimum absolute atomic E-state index is 0.445. The molecule has 0 bridgehead atoms. The second-order valence-electron chi connectivity index (χ2n) is 4.35. The SMILES string of the molecule is C=Cc1cccc(C(C)C=C)c1C1CC1. The number of hydrogen-bond donors (Lipinski definition) is 0. The molecule has 0 aliphatic heterocycles. The van der Waals surface area contributed by atoms with Crippen LogP contribution >= 0.6 is 0 Å². The molecular formula is C15H18. The Labute approximate surface area is 92.3 Å². The van der Waals surface area contributed by atoms with Crippen molar-refractivity contribution < 1.29 is 0 Å². The van der Waals surface area contributed by atoms with Crippen molar-refractivity contribution in [3.8, 4) is 0 Å². The van der Waals surface area contributed by atoms with Gasteiger partial charge >= 0.3 is 0 Å². The molecule has 1 aromatic rings. The minimum Gasteiger partial charge on any atom is -0.102 e. The van der Waals surface area contributed by atoms with Crippen molar-refractivity contribution in [1.82, 2.24) is 0 Å². The van der Waals surface area contributed by atoms with E-state index in [1.165, 1.54) is 29.5 Å². The van der Waals surface area contributed by atoms with Gasteiger partial charge in [0.05, 0.1) is 0 Å².